The summed E-state index contributed by atoms with van der Waals surface area (Å²) in [7, 11) is 0. The summed E-state index contributed by atoms with van der Waals surface area (Å²) < 4.78 is 118. The van der Waals surface area contributed by atoms with Gasteiger partial charge in [-0.15, -0.1) is 0 Å². The molecule has 40 bridgehead atoms. The second-order valence-corrected chi connectivity index (χ2v) is 32.2. The fourth-order valence-corrected chi connectivity index (χ4v) is 18.1. The zero-order valence-electron chi connectivity index (χ0n) is 62.8. The Kier molecular flexibility index (Phi) is 18.7. The van der Waals surface area contributed by atoms with Crippen LogP contribution in [0.15, 0.2) is 206 Å². The number of aromatic carboxylic acids is 2. The van der Waals surface area contributed by atoms with Crippen molar-refractivity contribution in [2.24, 2.45) is 0 Å². The van der Waals surface area contributed by atoms with Crippen LogP contribution in [0.3, 0.4) is 0 Å². The Bertz CT molecular complexity index is 5350. The van der Waals surface area contributed by atoms with E-state index in [-0.39, 0.29) is 80.1 Å². The van der Waals surface area contributed by atoms with E-state index in [1.807, 2.05) is 24.3 Å². The lowest BCUT2D eigenvalue weighted by Gasteiger charge is -2.38. The van der Waals surface area contributed by atoms with Crippen molar-refractivity contribution >= 4 is 62.5 Å². The molecule has 0 aromatic heterocycles. The molecule has 9 aliphatic rings. The summed E-state index contributed by atoms with van der Waals surface area (Å²) in [6.45, 7) is 0. The van der Waals surface area contributed by atoms with Gasteiger partial charge in [0.15, 0.2) is 0 Å². The zero-order valence-corrected chi connectivity index (χ0v) is 66.3. The SMILES string of the molecule is O=C(O)c1cc2cc(c1)Oc1cc3cc(c1)C1Oc4cc5c6cc4C(CCCS)c4cc7c(cc4O1)OC1Oc4cc8c(cc4C7CCCS)C(CCCS)c4cc(c7cc4OC(O8)c4cc(cc(c4)Oc4cc(cc(C(=O)O)c4)Oc4cc(cc1c4)Oc1cccc(c1)O3)Oc1cccc(c1)Oc1cc(cc(c1)C(O5)O7)O2)C6CCCS. The topological polar surface area (TPSA) is 222 Å². The van der Waals surface area contributed by atoms with Crippen molar-refractivity contribution in [1.29, 1.82) is 0 Å². The first kappa shape index (κ1) is 73.4. The van der Waals surface area contributed by atoms with Gasteiger partial charge in [0.25, 0.3) is 25.2 Å². The molecule has 0 atom stereocenters. The molecule has 20 nitrogen and oxygen atoms in total. The van der Waals surface area contributed by atoms with Gasteiger partial charge in [-0.05, 0) is 196 Å². The molecule has 0 fully saturated rings. The molecule has 1 aliphatic carbocycles. The highest BCUT2D eigenvalue weighted by atomic mass is 32.1. The molecule has 24 heteroatoms. The summed E-state index contributed by atoms with van der Waals surface area (Å²) in [6.07, 6.45) is -0.763. The molecule has 0 saturated heterocycles. The number of carboxylic acid groups (broad SMARTS) is 2. The molecular weight excluding hydrogens is 1580 g/mol. The average molecular weight is 1650 g/mol. The van der Waals surface area contributed by atoms with E-state index in [1.165, 1.54) is 24.3 Å². The molecule has 0 radical (unpaired) electrons. The predicted octanol–water partition coefficient (Wildman–Crippen LogP) is 24.2. The highest BCUT2D eigenvalue weighted by Crippen LogP contribution is 2.60. The monoisotopic (exact) mass is 1650 g/mol. The summed E-state index contributed by atoms with van der Waals surface area (Å²) in [6, 6.07) is 60.6. The summed E-state index contributed by atoms with van der Waals surface area (Å²) in [5.74, 6) is 4.06. The van der Waals surface area contributed by atoms with Crippen LogP contribution in [0.2, 0.25) is 0 Å². The van der Waals surface area contributed by atoms with E-state index in [2.05, 4.69) is 24.3 Å². The normalized spacial score (nSPS) is 19.3. The molecule has 8 aliphatic heterocycles. The van der Waals surface area contributed by atoms with Crippen LogP contribution in [0.5, 0.6) is 138 Å². The Morgan fingerprint density at radius 2 is 0.415 bits per heavy atom. The Morgan fingerprint density at radius 1 is 0.237 bits per heavy atom. The van der Waals surface area contributed by atoms with Crippen molar-refractivity contribution in [3.63, 3.8) is 0 Å². The van der Waals surface area contributed by atoms with Crippen molar-refractivity contribution in [2.45, 2.75) is 100 Å². The van der Waals surface area contributed by atoms with E-state index < -0.39 is 60.8 Å². The average Bonchev–Trinajstić information content (AvgIpc) is 0.726. The lowest BCUT2D eigenvalue weighted by molar-refractivity contribution is -0.0123. The van der Waals surface area contributed by atoms with Crippen LogP contribution in [0, 0.1) is 0 Å². The second kappa shape index (κ2) is 30.1. The standard InChI is InChI=1S/C94H72O20S4/c95-89(96)47-19-57-33-59(21-47)105-67-29-51-25-63(37-67)101-55-9-2-10-56(32-55)102-64-26-52-30-68(38-64)106-60-22-48(90(97)98)20-58(34-60)104-66-28-50-24-62(36-66)100-54-8-1-7-53(31-54)99-61-23-49(27-65(35-61)103-57)91-107-81-43-82-74-39-73(81)69(11-3-15-115)77-41-79-71(13-5-17-117)75-40-76-72(14-6-18-118)80-42-78(70(74)12-4-16-116)86(112-92(50)108-82)46-88(80)114-94(52)110-84(76)44-83(75)109-93(51)113-87(79)45-85(77)111-91/h1-2,7-10,19-46,69-72,91-94,115-118H,3-6,11-18H2,(H,95,96)(H,97,98). The number of ether oxygens (including phenoxy) is 16. The lowest BCUT2D eigenvalue weighted by Crippen LogP contribution is -2.26. The van der Waals surface area contributed by atoms with Crippen LogP contribution in [-0.2, 0) is 0 Å². The molecule has 2 N–H and O–H groups in total. The number of carboxylic acids is 2. The van der Waals surface area contributed by atoms with E-state index in [1.54, 1.807) is 133 Å². The first-order valence-corrected chi connectivity index (χ1v) is 41.7. The van der Waals surface area contributed by atoms with Gasteiger partial charge in [-0.1, -0.05) is 12.1 Å². The first-order valence-electron chi connectivity index (χ1n) is 39.2. The largest absolute Gasteiger partial charge is 0.478 e. The molecule has 12 aromatic carbocycles. The highest BCUT2D eigenvalue weighted by Gasteiger charge is 2.43. The minimum atomic E-state index is -1.38. The molecule has 0 unspecified atom stereocenters. The van der Waals surface area contributed by atoms with Gasteiger partial charge in [-0.25, -0.2) is 9.59 Å². The van der Waals surface area contributed by atoms with Gasteiger partial charge in [0, 0.05) is 163 Å². The van der Waals surface area contributed by atoms with Gasteiger partial charge in [-0.3, -0.25) is 0 Å². The van der Waals surface area contributed by atoms with Gasteiger partial charge in [0.2, 0.25) is 0 Å². The number of benzene rings is 12. The molecule has 592 valence electrons. The van der Waals surface area contributed by atoms with Crippen molar-refractivity contribution in [2.75, 3.05) is 23.0 Å². The number of carbonyl (C=O) groups is 2. The molecule has 0 spiro atoms. The zero-order chi connectivity index (χ0) is 79.6. The van der Waals surface area contributed by atoms with Crippen LogP contribution in [0.1, 0.15) is 188 Å². The minimum Gasteiger partial charge on any atom is -0.478 e. The molecular formula is C94H72O20S4. The number of thiol groups is 4. The van der Waals surface area contributed by atoms with Crippen LogP contribution in [0.4, 0.5) is 0 Å². The molecule has 8 heterocycles. The molecule has 21 rings (SSSR count). The third kappa shape index (κ3) is 14.0. The van der Waals surface area contributed by atoms with Gasteiger partial charge < -0.3 is 86.0 Å². The maximum absolute atomic E-state index is 13.5. The van der Waals surface area contributed by atoms with E-state index in [0.29, 0.717) is 166 Å². The predicted molar refractivity (Wildman–Crippen MR) is 448 cm³/mol. The quantitative estimate of drug-likeness (QED) is 0.0557. The van der Waals surface area contributed by atoms with Crippen molar-refractivity contribution < 1.29 is 95.6 Å². The number of rotatable bonds is 14. The van der Waals surface area contributed by atoms with Crippen LogP contribution < -0.4 is 75.8 Å². The maximum atomic E-state index is 13.5. The smallest absolute Gasteiger partial charge is 0.335 e. The lowest BCUT2D eigenvalue weighted by atomic mass is 9.76. The van der Waals surface area contributed by atoms with E-state index in [9.17, 15) is 19.8 Å². The Morgan fingerprint density at radius 3 is 0.602 bits per heavy atom. The summed E-state index contributed by atoms with van der Waals surface area (Å²) in [4.78, 5) is 27.0. The molecule has 118 heavy (non-hydrogen) atoms. The van der Waals surface area contributed by atoms with Gasteiger partial charge >= 0.3 is 11.9 Å². The van der Waals surface area contributed by atoms with Crippen molar-refractivity contribution in [1.82, 2.24) is 0 Å². The fourth-order valence-electron chi connectivity index (χ4n) is 17.3. The van der Waals surface area contributed by atoms with Gasteiger partial charge in [-0.2, -0.15) is 50.5 Å². The molecule has 12 aromatic rings. The van der Waals surface area contributed by atoms with Crippen molar-refractivity contribution in [3.05, 3.63) is 284 Å². The summed E-state index contributed by atoms with van der Waals surface area (Å²) in [5.41, 5.74) is 7.74. The third-order valence-corrected chi connectivity index (χ3v) is 23.8. The first-order chi connectivity index (χ1) is 57.7. The van der Waals surface area contributed by atoms with Crippen LogP contribution >= 0.6 is 50.5 Å². The molecule has 0 saturated carbocycles. The number of hydrogen-bond acceptors (Lipinski definition) is 22. The van der Waals surface area contributed by atoms with E-state index in [0.717, 1.165) is 44.5 Å². The van der Waals surface area contributed by atoms with E-state index in [4.69, 9.17) is 126 Å². The molecule has 0 amide bonds. The Labute approximate surface area is 698 Å². The summed E-state index contributed by atoms with van der Waals surface area (Å²) in [5, 5.41) is 22.0. The highest BCUT2D eigenvalue weighted by molar-refractivity contribution is 7.80. The van der Waals surface area contributed by atoms with Gasteiger partial charge in [0.1, 0.15) is 138 Å². The minimum absolute atomic E-state index is 0.0724. The fraction of sp³-hybridized carbons (Fsp3) is 0.213. The number of fused-ring (bicyclic) bond motifs is 16. The van der Waals surface area contributed by atoms with Crippen LogP contribution in [-0.4, -0.2) is 45.2 Å². The Balaban J connectivity index is 0.962. The second-order valence-electron chi connectivity index (χ2n) is 30.4. The van der Waals surface area contributed by atoms with E-state index >= 15 is 0 Å². The van der Waals surface area contributed by atoms with Crippen molar-refractivity contribution in [3.8, 4) is 138 Å². The number of hydrogen-bond donors (Lipinski definition) is 6. The summed E-state index contributed by atoms with van der Waals surface area (Å²) >= 11 is 19.9. The third-order valence-electron chi connectivity index (χ3n) is 22.5. The van der Waals surface area contributed by atoms with Gasteiger partial charge in [0.05, 0.1) is 11.1 Å². The Hall–Kier alpha value is -12.2. The maximum Gasteiger partial charge on any atom is 0.335 e. The van der Waals surface area contributed by atoms with Crippen LogP contribution in [0.25, 0.3) is 0 Å².